The van der Waals surface area contributed by atoms with E-state index in [1.807, 2.05) is 52.0 Å². The summed E-state index contributed by atoms with van der Waals surface area (Å²) in [6.45, 7) is 8.04. The van der Waals surface area contributed by atoms with Crippen LogP contribution in [0, 0.1) is 6.92 Å². The molecule has 8 nitrogen and oxygen atoms in total. The van der Waals surface area contributed by atoms with Crippen molar-refractivity contribution in [3.63, 3.8) is 0 Å². The van der Waals surface area contributed by atoms with Gasteiger partial charge < -0.3 is 15.0 Å². The van der Waals surface area contributed by atoms with Gasteiger partial charge in [-0.2, -0.15) is 0 Å². The number of ether oxygens (including phenoxy) is 1. The van der Waals surface area contributed by atoms with Gasteiger partial charge in [-0.1, -0.05) is 43.3 Å². The van der Waals surface area contributed by atoms with Crippen molar-refractivity contribution in [2.45, 2.75) is 65.6 Å². The van der Waals surface area contributed by atoms with Crippen molar-refractivity contribution in [2.24, 2.45) is 0 Å². The van der Waals surface area contributed by atoms with Crippen LogP contribution in [0.15, 0.2) is 48.5 Å². The van der Waals surface area contributed by atoms with E-state index < -0.39 is 16.1 Å². The highest BCUT2D eigenvalue weighted by Crippen LogP contribution is 2.30. The number of carbonyl (C=O) groups is 2. The Morgan fingerprint density at radius 2 is 1.69 bits per heavy atom. The molecule has 1 N–H and O–H groups in total. The summed E-state index contributed by atoms with van der Waals surface area (Å²) >= 11 is 0. The Labute approximate surface area is 215 Å². The largest absolute Gasteiger partial charge is 0.495 e. The van der Waals surface area contributed by atoms with Crippen LogP contribution in [0.5, 0.6) is 5.75 Å². The molecule has 2 aromatic carbocycles. The van der Waals surface area contributed by atoms with Gasteiger partial charge in [0.25, 0.3) is 0 Å². The van der Waals surface area contributed by atoms with Gasteiger partial charge in [-0.3, -0.25) is 13.9 Å². The van der Waals surface area contributed by atoms with E-state index in [0.29, 0.717) is 24.4 Å². The fourth-order valence-corrected chi connectivity index (χ4v) is 5.06. The maximum atomic E-state index is 13.5. The molecule has 2 amide bonds. The van der Waals surface area contributed by atoms with Gasteiger partial charge in [0.05, 0.1) is 19.1 Å². The minimum Gasteiger partial charge on any atom is -0.495 e. The van der Waals surface area contributed by atoms with Crippen LogP contribution < -0.4 is 14.4 Å². The first-order valence-corrected chi connectivity index (χ1v) is 14.1. The summed E-state index contributed by atoms with van der Waals surface area (Å²) in [6.07, 6.45) is 1.98. The SMILES string of the molecule is CC[C@@H](C(=O)NC(C)C)N(Cc1ccccc1C)C(=O)CCCN(c1ccccc1OC)S(C)(=O)=O. The van der Waals surface area contributed by atoms with Crippen LogP contribution in [0.1, 0.15) is 51.2 Å². The summed E-state index contributed by atoms with van der Waals surface area (Å²) in [4.78, 5) is 28.1. The third kappa shape index (κ3) is 7.98. The van der Waals surface area contributed by atoms with Crippen LogP contribution in [0.25, 0.3) is 0 Å². The summed E-state index contributed by atoms with van der Waals surface area (Å²) < 4.78 is 31.7. The van der Waals surface area contributed by atoms with E-state index in [-0.39, 0.29) is 37.2 Å². The summed E-state index contributed by atoms with van der Waals surface area (Å²) in [5.41, 5.74) is 2.43. The lowest BCUT2D eigenvalue weighted by molar-refractivity contribution is -0.141. The summed E-state index contributed by atoms with van der Waals surface area (Å²) in [5.74, 6) is 0.0468. The molecule has 2 rings (SSSR count). The van der Waals surface area contributed by atoms with Crippen molar-refractivity contribution in [1.29, 1.82) is 0 Å². The Morgan fingerprint density at radius 3 is 2.28 bits per heavy atom. The molecule has 1 atom stereocenters. The minimum atomic E-state index is -3.61. The van der Waals surface area contributed by atoms with Crippen LogP contribution in [0.3, 0.4) is 0 Å². The predicted molar refractivity (Wildman–Crippen MR) is 144 cm³/mol. The molecule has 0 spiro atoms. The Bertz CT molecular complexity index is 1130. The van der Waals surface area contributed by atoms with Gasteiger partial charge in [-0.25, -0.2) is 8.42 Å². The number of aryl methyl sites for hydroxylation is 1. The van der Waals surface area contributed by atoms with Gasteiger partial charge in [0.15, 0.2) is 0 Å². The number of hydrogen-bond acceptors (Lipinski definition) is 5. The molecule has 0 saturated carbocycles. The number of methoxy groups -OCH3 is 1. The third-order valence-corrected chi connectivity index (χ3v) is 7.10. The van der Waals surface area contributed by atoms with Gasteiger partial charge in [0.1, 0.15) is 11.8 Å². The molecule has 0 radical (unpaired) electrons. The number of nitrogens with zero attached hydrogens (tertiary/aromatic N) is 2. The maximum Gasteiger partial charge on any atom is 0.243 e. The topological polar surface area (TPSA) is 96.0 Å². The molecule has 9 heteroatoms. The van der Waals surface area contributed by atoms with E-state index in [2.05, 4.69) is 5.32 Å². The lowest BCUT2D eigenvalue weighted by Crippen LogP contribution is -2.50. The van der Waals surface area contributed by atoms with Crippen molar-refractivity contribution < 1.29 is 22.7 Å². The predicted octanol–water partition coefficient (Wildman–Crippen LogP) is 3.88. The number of anilines is 1. The summed E-state index contributed by atoms with van der Waals surface area (Å²) in [6, 6.07) is 14.0. The second kappa shape index (κ2) is 13.3. The number of carbonyl (C=O) groups excluding carboxylic acids is 2. The van der Waals surface area contributed by atoms with E-state index in [1.165, 1.54) is 11.4 Å². The van der Waals surface area contributed by atoms with Gasteiger partial charge in [0.2, 0.25) is 21.8 Å². The molecule has 2 aromatic rings. The van der Waals surface area contributed by atoms with Crippen LogP contribution in [-0.4, -0.2) is 57.1 Å². The minimum absolute atomic E-state index is 0.0499. The number of rotatable bonds is 13. The second-order valence-electron chi connectivity index (χ2n) is 9.15. The Kier molecular flexibility index (Phi) is 10.8. The molecule has 36 heavy (non-hydrogen) atoms. The third-order valence-electron chi connectivity index (χ3n) is 5.92. The molecule has 0 fully saturated rings. The molecule has 0 aromatic heterocycles. The lowest BCUT2D eigenvalue weighted by Gasteiger charge is -2.32. The monoisotopic (exact) mass is 517 g/mol. The first-order valence-electron chi connectivity index (χ1n) is 12.2. The first kappa shape index (κ1) is 29.2. The summed E-state index contributed by atoms with van der Waals surface area (Å²) in [5, 5.41) is 2.92. The van der Waals surface area contributed by atoms with Crippen LogP contribution in [0.4, 0.5) is 5.69 Å². The van der Waals surface area contributed by atoms with Gasteiger partial charge in [0, 0.05) is 25.6 Å². The zero-order chi connectivity index (χ0) is 26.9. The van der Waals surface area contributed by atoms with E-state index in [0.717, 1.165) is 17.4 Å². The Balaban J connectivity index is 2.26. The number of nitrogens with one attached hydrogen (secondary N) is 1. The Morgan fingerprint density at radius 1 is 1.06 bits per heavy atom. The lowest BCUT2D eigenvalue weighted by atomic mass is 10.0. The molecule has 0 aliphatic carbocycles. The summed E-state index contributed by atoms with van der Waals surface area (Å²) in [7, 11) is -2.12. The zero-order valence-corrected chi connectivity index (χ0v) is 23.0. The van der Waals surface area contributed by atoms with E-state index in [4.69, 9.17) is 4.74 Å². The molecule has 0 bridgehead atoms. The molecular formula is C27H39N3O5S. The molecule has 0 saturated heterocycles. The van der Waals surface area contributed by atoms with E-state index in [9.17, 15) is 18.0 Å². The number of amides is 2. The molecule has 0 aliphatic heterocycles. The van der Waals surface area contributed by atoms with E-state index in [1.54, 1.807) is 29.2 Å². The highest BCUT2D eigenvalue weighted by Gasteiger charge is 2.29. The average Bonchev–Trinajstić information content (AvgIpc) is 2.81. The number of benzene rings is 2. The van der Waals surface area contributed by atoms with Gasteiger partial charge >= 0.3 is 0 Å². The van der Waals surface area contributed by atoms with Crippen molar-refractivity contribution in [3.05, 3.63) is 59.7 Å². The Hall–Kier alpha value is -3.07. The van der Waals surface area contributed by atoms with Crippen LogP contribution in [0.2, 0.25) is 0 Å². The molecule has 0 heterocycles. The fraction of sp³-hybridized carbons (Fsp3) is 0.481. The smallest absolute Gasteiger partial charge is 0.243 e. The standard InChI is InChI=1S/C27H39N3O5S/c1-7-23(27(32)28-20(2)3)29(19-22-14-9-8-13-21(22)4)26(31)17-12-18-30(36(6,33)34)24-15-10-11-16-25(24)35-5/h8-11,13-16,20,23H,7,12,17-19H2,1-6H3,(H,28,32)/t23-/m0/s1. The van der Waals surface area contributed by atoms with Crippen molar-refractivity contribution in [2.75, 3.05) is 24.2 Å². The van der Waals surface area contributed by atoms with Crippen LogP contribution >= 0.6 is 0 Å². The highest BCUT2D eigenvalue weighted by atomic mass is 32.2. The average molecular weight is 518 g/mol. The molecular weight excluding hydrogens is 478 g/mol. The fourth-order valence-electron chi connectivity index (χ4n) is 4.09. The first-order chi connectivity index (χ1) is 17.0. The van der Waals surface area contributed by atoms with E-state index >= 15 is 0 Å². The van der Waals surface area contributed by atoms with Gasteiger partial charge in [-0.05, 0) is 56.9 Å². The number of sulfonamides is 1. The van der Waals surface area contributed by atoms with Crippen LogP contribution in [-0.2, 0) is 26.2 Å². The normalized spacial score (nSPS) is 12.2. The molecule has 0 unspecified atom stereocenters. The molecule has 198 valence electrons. The van der Waals surface area contributed by atoms with Crippen molar-refractivity contribution in [1.82, 2.24) is 10.2 Å². The van der Waals surface area contributed by atoms with Gasteiger partial charge in [-0.15, -0.1) is 0 Å². The maximum absolute atomic E-state index is 13.5. The number of para-hydroxylation sites is 2. The highest BCUT2D eigenvalue weighted by molar-refractivity contribution is 7.92. The quantitative estimate of drug-likeness (QED) is 0.435. The van der Waals surface area contributed by atoms with Crippen molar-refractivity contribution in [3.8, 4) is 5.75 Å². The van der Waals surface area contributed by atoms with Crippen molar-refractivity contribution >= 4 is 27.5 Å². The second-order valence-corrected chi connectivity index (χ2v) is 11.1. The molecule has 0 aliphatic rings. The zero-order valence-electron chi connectivity index (χ0n) is 22.2. The number of hydrogen-bond donors (Lipinski definition) is 1.